The molecule has 1 aromatic heterocycles. The molecule has 0 aliphatic carbocycles. The lowest BCUT2D eigenvalue weighted by Gasteiger charge is -2.27. The number of H-pyrrole nitrogens is 1. The van der Waals surface area contributed by atoms with Gasteiger partial charge in [0.1, 0.15) is 11.2 Å². The number of nitrogens with zero attached hydrogens (tertiary/aromatic N) is 1. The summed E-state index contributed by atoms with van der Waals surface area (Å²) < 4.78 is 10.4. The van der Waals surface area contributed by atoms with Crippen LogP contribution in [0.15, 0.2) is 12.5 Å². The second-order valence-corrected chi connectivity index (χ2v) is 7.51. The molecular weight excluding hydrogens is 314 g/mol. The SMILES string of the molecule is CC(C)(C)OC(=O)N[C@@H](Cc1cnc[nH]1)C(O)C(=O)OC(C)(C)C. The van der Waals surface area contributed by atoms with Crippen LogP contribution >= 0.6 is 0 Å². The molecule has 1 aromatic rings. The van der Waals surface area contributed by atoms with Crippen LogP contribution < -0.4 is 5.32 Å². The third kappa shape index (κ3) is 7.45. The fraction of sp³-hybridized carbons (Fsp3) is 0.688. The number of alkyl carbamates (subject to hydrolysis) is 1. The molecule has 8 heteroatoms. The number of nitrogens with one attached hydrogen (secondary N) is 2. The van der Waals surface area contributed by atoms with E-state index in [1.165, 1.54) is 6.33 Å². The quantitative estimate of drug-likeness (QED) is 0.700. The Balaban J connectivity index is 2.84. The van der Waals surface area contributed by atoms with Gasteiger partial charge in [0.2, 0.25) is 0 Å². The Morgan fingerprint density at radius 2 is 1.79 bits per heavy atom. The van der Waals surface area contributed by atoms with E-state index in [-0.39, 0.29) is 6.42 Å². The number of esters is 1. The van der Waals surface area contributed by atoms with E-state index < -0.39 is 35.4 Å². The summed E-state index contributed by atoms with van der Waals surface area (Å²) in [5.74, 6) is -0.817. The number of carbonyl (C=O) groups excluding carboxylic acids is 2. The summed E-state index contributed by atoms with van der Waals surface area (Å²) in [5, 5.41) is 12.8. The topological polar surface area (TPSA) is 114 Å². The van der Waals surface area contributed by atoms with Crippen molar-refractivity contribution < 1.29 is 24.2 Å². The minimum absolute atomic E-state index is 0.166. The molecule has 136 valence electrons. The molecular formula is C16H27N3O5. The predicted molar refractivity (Wildman–Crippen MR) is 87.3 cm³/mol. The molecule has 1 heterocycles. The van der Waals surface area contributed by atoms with Crippen molar-refractivity contribution in [1.29, 1.82) is 0 Å². The highest BCUT2D eigenvalue weighted by Crippen LogP contribution is 2.13. The van der Waals surface area contributed by atoms with Crippen LogP contribution in [-0.2, 0) is 20.7 Å². The summed E-state index contributed by atoms with van der Waals surface area (Å²) in [5.41, 5.74) is -0.791. The number of amides is 1. The fourth-order valence-corrected chi connectivity index (χ4v) is 1.86. The summed E-state index contributed by atoms with van der Waals surface area (Å²) in [6.07, 6.45) is 0.917. The molecule has 1 unspecified atom stereocenters. The Kier molecular flexibility index (Phi) is 6.36. The first-order valence-electron chi connectivity index (χ1n) is 7.75. The van der Waals surface area contributed by atoms with Crippen LogP contribution in [-0.4, -0.2) is 50.5 Å². The van der Waals surface area contributed by atoms with Crippen molar-refractivity contribution in [3.8, 4) is 0 Å². The Morgan fingerprint density at radius 3 is 2.25 bits per heavy atom. The van der Waals surface area contributed by atoms with Crippen LogP contribution in [0.25, 0.3) is 0 Å². The molecule has 8 nitrogen and oxygen atoms in total. The number of aromatic amines is 1. The number of rotatable bonds is 5. The maximum Gasteiger partial charge on any atom is 0.407 e. The summed E-state index contributed by atoms with van der Waals surface area (Å²) in [4.78, 5) is 30.8. The second-order valence-electron chi connectivity index (χ2n) is 7.51. The van der Waals surface area contributed by atoms with Crippen molar-refractivity contribution in [2.75, 3.05) is 0 Å². The van der Waals surface area contributed by atoms with Crippen LogP contribution in [0.3, 0.4) is 0 Å². The van der Waals surface area contributed by atoms with Crippen molar-refractivity contribution in [3.63, 3.8) is 0 Å². The summed E-state index contributed by atoms with van der Waals surface area (Å²) >= 11 is 0. The molecule has 1 amide bonds. The molecule has 3 N–H and O–H groups in total. The highest BCUT2D eigenvalue weighted by Gasteiger charge is 2.33. The number of ether oxygens (including phenoxy) is 2. The normalized spacial score (nSPS) is 14.6. The van der Waals surface area contributed by atoms with Crippen LogP contribution in [0, 0.1) is 0 Å². The number of imidazole rings is 1. The van der Waals surface area contributed by atoms with E-state index in [9.17, 15) is 14.7 Å². The van der Waals surface area contributed by atoms with Gasteiger partial charge >= 0.3 is 12.1 Å². The van der Waals surface area contributed by atoms with Crippen LogP contribution in [0.4, 0.5) is 4.79 Å². The molecule has 2 atom stereocenters. The molecule has 0 aromatic carbocycles. The third-order valence-corrected chi connectivity index (χ3v) is 2.73. The number of carbonyl (C=O) groups is 2. The molecule has 1 rings (SSSR count). The first-order chi connectivity index (χ1) is 10.9. The van der Waals surface area contributed by atoms with Gasteiger partial charge in [0.25, 0.3) is 0 Å². The maximum atomic E-state index is 12.1. The minimum atomic E-state index is -1.54. The van der Waals surface area contributed by atoms with Gasteiger partial charge in [-0.1, -0.05) is 0 Å². The molecule has 0 fully saturated rings. The average molecular weight is 341 g/mol. The van der Waals surface area contributed by atoms with E-state index in [1.54, 1.807) is 47.7 Å². The van der Waals surface area contributed by atoms with E-state index in [1.807, 2.05) is 0 Å². The molecule has 0 radical (unpaired) electrons. The zero-order chi connectivity index (χ0) is 18.5. The molecule has 0 saturated carbocycles. The first kappa shape index (κ1) is 20.0. The number of hydrogen-bond donors (Lipinski definition) is 3. The standard InChI is InChI=1S/C16H27N3O5/c1-15(2,3)23-13(21)12(20)11(7-10-8-17-9-18-10)19-14(22)24-16(4,5)6/h8-9,11-12,20H,7H2,1-6H3,(H,17,18)(H,19,22)/t11-,12?/m0/s1. The fourth-order valence-electron chi connectivity index (χ4n) is 1.86. The molecule has 0 bridgehead atoms. The van der Waals surface area contributed by atoms with Crippen molar-refractivity contribution in [2.45, 2.75) is 71.3 Å². The van der Waals surface area contributed by atoms with Gasteiger partial charge in [-0.05, 0) is 41.5 Å². The van der Waals surface area contributed by atoms with Crippen molar-refractivity contribution in [1.82, 2.24) is 15.3 Å². The number of hydrogen-bond acceptors (Lipinski definition) is 6. The van der Waals surface area contributed by atoms with Gasteiger partial charge in [-0.25, -0.2) is 14.6 Å². The van der Waals surface area contributed by atoms with Crippen LogP contribution in [0.1, 0.15) is 47.2 Å². The Bertz CT molecular complexity index is 543. The van der Waals surface area contributed by atoms with Crippen molar-refractivity contribution >= 4 is 12.1 Å². The average Bonchev–Trinajstić information content (AvgIpc) is 2.85. The lowest BCUT2D eigenvalue weighted by molar-refractivity contribution is -0.166. The molecule has 0 aliphatic heterocycles. The van der Waals surface area contributed by atoms with Gasteiger partial charge in [-0.15, -0.1) is 0 Å². The van der Waals surface area contributed by atoms with Gasteiger partial charge < -0.3 is 24.9 Å². The molecule has 0 saturated heterocycles. The van der Waals surface area contributed by atoms with E-state index in [0.29, 0.717) is 5.69 Å². The van der Waals surface area contributed by atoms with E-state index >= 15 is 0 Å². The number of aromatic nitrogens is 2. The summed E-state index contributed by atoms with van der Waals surface area (Å²) in [7, 11) is 0. The lowest BCUT2D eigenvalue weighted by Crippen LogP contribution is -2.51. The largest absolute Gasteiger partial charge is 0.458 e. The number of aliphatic hydroxyl groups is 1. The molecule has 0 spiro atoms. The zero-order valence-electron chi connectivity index (χ0n) is 15.0. The lowest BCUT2D eigenvalue weighted by atomic mass is 10.1. The predicted octanol–water partition coefficient (Wildman–Crippen LogP) is 1.55. The maximum absolute atomic E-state index is 12.1. The molecule has 24 heavy (non-hydrogen) atoms. The van der Waals surface area contributed by atoms with Crippen LogP contribution in [0.5, 0.6) is 0 Å². The summed E-state index contributed by atoms with van der Waals surface area (Å²) in [6, 6.07) is -0.921. The van der Waals surface area contributed by atoms with Gasteiger partial charge in [-0.2, -0.15) is 0 Å². The van der Waals surface area contributed by atoms with Crippen molar-refractivity contribution in [3.05, 3.63) is 18.2 Å². The summed E-state index contributed by atoms with van der Waals surface area (Å²) in [6.45, 7) is 10.3. The van der Waals surface area contributed by atoms with E-state index in [4.69, 9.17) is 9.47 Å². The van der Waals surface area contributed by atoms with Gasteiger partial charge in [-0.3, -0.25) is 0 Å². The van der Waals surface area contributed by atoms with Crippen LogP contribution in [0.2, 0.25) is 0 Å². The van der Waals surface area contributed by atoms with Crippen molar-refractivity contribution in [2.24, 2.45) is 0 Å². The zero-order valence-corrected chi connectivity index (χ0v) is 15.0. The van der Waals surface area contributed by atoms with Gasteiger partial charge in [0.15, 0.2) is 6.10 Å². The molecule has 0 aliphatic rings. The van der Waals surface area contributed by atoms with E-state index in [0.717, 1.165) is 0 Å². The third-order valence-electron chi connectivity index (χ3n) is 2.73. The van der Waals surface area contributed by atoms with Gasteiger partial charge in [0.05, 0.1) is 12.4 Å². The second kappa shape index (κ2) is 7.65. The Morgan fingerprint density at radius 1 is 1.21 bits per heavy atom. The number of aliphatic hydroxyl groups excluding tert-OH is 1. The monoisotopic (exact) mass is 341 g/mol. The highest BCUT2D eigenvalue weighted by molar-refractivity contribution is 5.77. The Labute approximate surface area is 141 Å². The Hall–Kier alpha value is -2.09. The smallest absolute Gasteiger partial charge is 0.407 e. The highest BCUT2D eigenvalue weighted by atomic mass is 16.6. The first-order valence-corrected chi connectivity index (χ1v) is 7.75. The van der Waals surface area contributed by atoms with E-state index in [2.05, 4.69) is 15.3 Å². The van der Waals surface area contributed by atoms with Gasteiger partial charge in [0, 0.05) is 18.3 Å². The minimum Gasteiger partial charge on any atom is -0.458 e.